The first kappa shape index (κ1) is 10.3. The Labute approximate surface area is 89.7 Å². The van der Waals surface area contributed by atoms with Crippen LogP contribution in [0.4, 0.5) is 15.8 Å². The summed E-state index contributed by atoms with van der Waals surface area (Å²) in [5, 5.41) is 3.22. The second kappa shape index (κ2) is 4.09. The number of nitrogens with one attached hydrogen (secondary N) is 1. The van der Waals surface area contributed by atoms with E-state index in [0.717, 1.165) is 12.3 Å². The van der Waals surface area contributed by atoms with Crippen LogP contribution in [0.25, 0.3) is 0 Å². The van der Waals surface area contributed by atoms with Crippen molar-refractivity contribution in [2.45, 2.75) is 32.2 Å². The minimum atomic E-state index is -0.253. The van der Waals surface area contributed by atoms with Crippen LogP contribution in [0.3, 0.4) is 0 Å². The molecule has 1 saturated carbocycles. The van der Waals surface area contributed by atoms with E-state index in [1.165, 1.54) is 18.9 Å². The summed E-state index contributed by atoms with van der Waals surface area (Å²) in [6, 6.07) is 5.26. The highest BCUT2D eigenvalue weighted by atomic mass is 19.1. The third-order valence-corrected chi connectivity index (χ3v) is 2.92. The van der Waals surface area contributed by atoms with E-state index in [1.54, 1.807) is 12.1 Å². The molecule has 0 aliphatic heterocycles. The molecular weight excluding hydrogens is 191 g/mol. The zero-order chi connectivity index (χ0) is 10.8. The number of rotatable bonds is 4. The maximum Gasteiger partial charge on any atom is 0.148 e. The van der Waals surface area contributed by atoms with E-state index in [4.69, 9.17) is 5.73 Å². The van der Waals surface area contributed by atoms with Gasteiger partial charge in [-0.15, -0.1) is 0 Å². The highest BCUT2D eigenvalue weighted by Crippen LogP contribution is 2.37. The molecule has 1 aliphatic carbocycles. The predicted molar refractivity (Wildman–Crippen MR) is 61.2 cm³/mol. The van der Waals surface area contributed by atoms with Crippen molar-refractivity contribution in [2.24, 2.45) is 5.92 Å². The van der Waals surface area contributed by atoms with Gasteiger partial charge in [-0.05, 0) is 37.0 Å². The van der Waals surface area contributed by atoms with E-state index >= 15 is 0 Å². The number of halogens is 1. The van der Waals surface area contributed by atoms with Gasteiger partial charge in [0.1, 0.15) is 5.82 Å². The number of benzene rings is 1. The fraction of sp³-hybridized carbons (Fsp3) is 0.500. The minimum Gasteiger partial charge on any atom is -0.399 e. The number of nitrogens with two attached hydrogens (primary N) is 1. The molecule has 1 aliphatic rings. The fourth-order valence-electron chi connectivity index (χ4n) is 1.96. The molecule has 1 fully saturated rings. The molecule has 82 valence electrons. The van der Waals surface area contributed by atoms with Gasteiger partial charge in [0.05, 0.1) is 5.69 Å². The zero-order valence-electron chi connectivity index (χ0n) is 8.96. The zero-order valence-corrected chi connectivity index (χ0v) is 8.96. The third-order valence-electron chi connectivity index (χ3n) is 2.92. The molecule has 0 spiro atoms. The second-order valence-corrected chi connectivity index (χ2v) is 4.27. The monoisotopic (exact) mass is 208 g/mol. The highest BCUT2D eigenvalue weighted by Gasteiger charge is 2.36. The van der Waals surface area contributed by atoms with Crippen molar-refractivity contribution in [3.8, 4) is 0 Å². The molecule has 0 radical (unpaired) electrons. The van der Waals surface area contributed by atoms with Crippen molar-refractivity contribution >= 4 is 11.4 Å². The molecule has 2 nitrogen and oxygen atoms in total. The van der Waals surface area contributed by atoms with Crippen LogP contribution in [-0.2, 0) is 0 Å². The van der Waals surface area contributed by atoms with Gasteiger partial charge in [-0.25, -0.2) is 4.39 Å². The molecule has 0 saturated heterocycles. The molecule has 2 atom stereocenters. The summed E-state index contributed by atoms with van der Waals surface area (Å²) < 4.78 is 13.4. The Morgan fingerprint density at radius 3 is 3.00 bits per heavy atom. The number of nitrogen functional groups attached to an aromatic ring is 1. The summed E-state index contributed by atoms with van der Waals surface area (Å²) in [6.07, 6.45) is 3.60. The Balaban J connectivity index is 1.95. The average molecular weight is 208 g/mol. The quantitative estimate of drug-likeness (QED) is 0.746. The van der Waals surface area contributed by atoms with Crippen molar-refractivity contribution < 1.29 is 4.39 Å². The lowest BCUT2D eigenvalue weighted by Crippen LogP contribution is -2.06. The molecular formula is C12H17FN2. The van der Waals surface area contributed by atoms with Gasteiger partial charge in [-0.2, -0.15) is 0 Å². The van der Waals surface area contributed by atoms with Gasteiger partial charge >= 0.3 is 0 Å². The summed E-state index contributed by atoms with van der Waals surface area (Å²) >= 11 is 0. The van der Waals surface area contributed by atoms with Crippen molar-refractivity contribution in [3.05, 3.63) is 24.0 Å². The molecule has 3 N–H and O–H groups in total. The summed E-state index contributed by atoms with van der Waals surface area (Å²) in [5.74, 6) is 0.476. The first-order chi connectivity index (χ1) is 7.20. The molecule has 3 heteroatoms. The smallest absolute Gasteiger partial charge is 0.148 e. The van der Waals surface area contributed by atoms with Crippen molar-refractivity contribution in [2.75, 3.05) is 11.1 Å². The van der Waals surface area contributed by atoms with E-state index in [1.807, 2.05) is 0 Å². The number of hydrogen-bond donors (Lipinski definition) is 2. The van der Waals surface area contributed by atoms with Crippen molar-refractivity contribution in [1.29, 1.82) is 0 Å². The van der Waals surface area contributed by atoms with Crippen LogP contribution in [-0.4, -0.2) is 6.04 Å². The SMILES string of the molecule is CCCC1CC1Nc1ccc(N)cc1F. The van der Waals surface area contributed by atoms with Crippen LogP contribution >= 0.6 is 0 Å². The lowest BCUT2D eigenvalue weighted by Gasteiger charge is -2.07. The van der Waals surface area contributed by atoms with Gasteiger partial charge < -0.3 is 11.1 Å². The molecule has 0 heterocycles. The topological polar surface area (TPSA) is 38.0 Å². The summed E-state index contributed by atoms with van der Waals surface area (Å²) in [4.78, 5) is 0. The molecule has 1 aromatic carbocycles. The van der Waals surface area contributed by atoms with Gasteiger partial charge in [0, 0.05) is 11.7 Å². The Morgan fingerprint density at radius 2 is 2.33 bits per heavy atom. The van der Waals surface area contributed by atoms with Crippen LogP contribution < -0.4 is 11.1 Å². The minimum absolute atomic E-state index is 0.253. The molecule has 0 aromatic heterocycles. The Kier molecular flexibility index (Phi) is 2.80. The first-order valence-corrected chi connectivity index (χ1v) is 5.52. The van der Waals surface area contributed by atoms with Gasteiger partial charge in [0.2, 0.25) is 0 Å². The fourth-order valence-corrected chi connectivity index (χ4v) is 1.96. The standard InChI is InChI=1S/C12H17FN2/c1-2-3-8-6-12(8)15-11-5-4-9(14)7-10(11)13/h4-5,7-8,12,15H,2-3,6,14H2,1H3. The van der Waals surface area contributed by atoms with Crippen LogP contribution in [0.2, 0.25) is 0 Å². The van der Waals surface area contributed by atoms with Gasteiger partial charge in [-0.1, -0.05) is 13.3 Å². The van der Waals surface area contributed by atoms with Crippen molar-refractivity contribution in [1.82, 2.24) is 0 Å². The maximum absolute atomic E-state index is 13.4. The van der Waals surface area contributed by atoms with Gasteiger partial charge in [0.25, 0.3) is 0 Å². The molecule has 0 bridgehead atoms. The van der Waals surface area contributed by atoms with Crippen molar-refractivity contribution in [3.63, 3.8) is 0 Å². The first-order valence-electron chi connectivity index (χ1n) is 5.52. The van der Waals surface area contributed by atoms with E-state index in [-0.39, 0.29) is 5.82 Å². The predicted octanol–water partition coefficient (Wildman–Crippen LogP) is 3.01. The Bertz CT molecular complexity index is 351. The maximum atomic E-state index is 13.4. The normalized spacial score (nSPS) is 23.9. The molecule has 2 rings (SSSR count). The van der Waals surface area contributed by atoms with E-state index in [9.17, 15) is 4.39 Å². The summed E-state index contributed by atoms with van der Waals surface area (Å²) in [6.45, 7) is 2.18. The van der Waals surface area contributed by atoms with Gasteiger partial charge in [0.15, 0.2) is 0 Å². The van der Waals surface area contributed by atoms with Crippen LogP contribution in [0.5, 0.6) is 0 Å². The Hall–Kier alpha value is -1.25. The lowest BCUT2D eigenvalue weighted by atomic mass is 10.2. The summed E-state index contributed by atoms with van der Waals surface area (Å²) in [7, 11) is 0. The molecule has 1 aromatic rings. The third kappa shape index (κ3) is 2.41. The number of hydrogen-bond acceptors (Lipinski definition) is 2. The average Bonchev–Trinajstić information content (AvgIpc) is 2.90. The molecule has 0 amide bonds. The lowest BCUT2D eigenvalue weighted by molar-refractivity contribution is 0.628. The highest BCUT2D eigenvalue weighted by molar-refractivity contribution is 5.53. The van der Waals surface area contributed by atoms with Crippen LogP contribution in [0.1, 0.15) is 26.2 Å². The van der Waals surface area contributed by atoms with Gasteiger partial charge in [-0.3, -0.25) is 0 Å². The second-order valence-electron chi connectivity index (χ2n) is 4.27. The molecule has 2 unspecified atom stereocenters. The largest absolute Gasteiger partial charge is 0.399 e. The van der Waals surface area contributed by atoms with E-state index in [2.05, 4.69) is 12.2 Å². The van der Waals surface area contributed by atoms with E-state index < -0.39 is 0 Å². The van der Waals surface area contributed by atoms with Crippen LogP contribution in [0.15, 0.2) is 18.2 Å². The summed E-state index contributed by atoms with van der Waals surface area (Å²) in [5.41, 5.74) is 6.53. The Morgan fingerprint density at radius 1 is 1.53 bits per heavy atom. The van der Waals surface area contributed by atoms with Crippen LogP contribution in [0, 0.1) is 11.7 Å². The number of anilines is 2. The molecule has 15 heavy (non-hydrogen) atoms. The van der Waals surface area contributed by atoms with E-state index in [0.29, 0.717) is 17.4 Å².